The van der Waals surface area contributed by atoms with Gasteiger partial charge < -0.3 is 0 Å². The Balaban J connectivity index is 1.97. The Morgan fingerprint density at radius 2 is 2.12 bits per heavy atom. The Labute approximate surface area is 99.6 Å². The van der Waals surface area contributed by atoms with Crippen LogP contribution in [0.4, 0.5) is 4.39 Å². The van der Waals surface area contributed by atoms with E-state index < -0.39 is 5.54 Å². The van der Waals surface area contributed by atoms with Crippen LogP contribution in [0.5, 0.6) is 0 Å². The van der Waals surface area contributed by atoms with Gasteiger partial charge in [0.05, 0.1) is 5.54 Å². The Morgan fingerprint density at radius 3 is 2.59 bits per heavy atom. The molecule has 0 unspecified atom stereocenters. The lowest BCUT2D eigenvalue weighted by Crippen LogP contribution is -2.32. The van der Waals surface area contributed by atoms with Gasteiger partial charge in [-0.25, -0.2) is 9.18 Å². The van der Waals surface area contributed by atoms with Crippen LogP contribution in [0.1, 0.15) is 49.1 Å². The van der Waals surface area contributed by atoms with E-state index in [1.54, 1.807) is 12.1 Å². The van der Waals surface area contributed by atoms with E-state index in [1.807, 2.05) is 12.1 Å². The molecule has 2 aliphatic rings. The second-order valence-electron chi connectivity index (χ2n) is 5.10. The van der Waals surface area contributed by atoms with Gasteiger partial charge in [0.25, 0.3) is 0 Å². The first kappa shape index (κ1) is 10.7. The summed E-state index contributed by atoms with van der Waals surface area (Å²) >= 11 is 0. The first-order chi connectivity index (χ1) is 8.25. The van der Waals surface area contributed by atoms with Crippen LogP contribution in [-0.4, -0.2) is 6.08 Å². The lowest BCUT2D eigenvalue weighted by molar-refractivity contribution is 0.255. The molecule has 0 N–H and O–H groups in total. The molecule has 0 heterocycles. The smallest absolute Gasteiger partial charge is 0.211 e. The molecule has 2 nitrogen and oxygen atoms in total. The zero-order chi connectivity index (χ0) is 11.9. The van der Waals surface area contributed by atoms with Crippen LogP contribution in [0.2, 0.25) is 0 Å². The second kappa shape index (κ2) is 3.78. The maximum Gasteiger partial charge on any atom is 0.235 e. The molecular formula is C14H14FNO. The van der Waals surface area contributed by atoms with E-state index in [1.165, 1.54) is 0 Å². The first-order valence-electron chi connectivity index (χ1n) is 6.14. The van der Waals surface area contributed by atoms with Gasteiger partial charge in [0.2, 0.25) is 6.08 Å². The molecule has 2 fully saturated rings. The molecule has 0 radical (unpaired) electrons. The molecule has 1 aromatic rings. The van der Waals surface area contributed by atoms with E-state index in [0.29, 0.717) is 5.92 Å². The highest BCUT2D eigenvalue weighted by Gasteiger charge is 2.39. The lowest BCUT2D eigenvalue weighted by atomic mass is 9.72. The Morgan fingerprint density at radius 1 is 1.35 bits per heavy atom. The van der Waals surface area contributed by atoms with Crippen molar-refractivity contribution < 1.29 is 9.18 Å². The molecule has 0 spiro atoms. The molecule has 0 atom stereocenters. The van der Waals surface area contributed by atoms with Gasteiger partial charge in [-0.3, -0.25) is 0 Å². The number of hydrogen-bond acceptors (Lipinski definition) is 2. The molecule has 0 saturated heterocycles. The predicted octanol–water partition coefficient (Wildman–Crippen LogP) is 3.42. The van der Waals surface area contributed by atoms with Crippen LogP contribution < -0.4 is 0 Å². The SMILES string of the molecule is O=C=NC1(c2ccc(C3CC3)c(F)c2)CCC1. The first-order valence-corrected chi connectivity index (χ1v) is 6.14. The molecule has 0 amide bonds. The summed E-state index contributed by atoms with van der Waals surface area (Å²) in [5.41, 5.74) is 1.16. The quantitative estimate of drug-likeness (QED) is 0.579. The third-order valence-electron chi connectivity index (χ3n) is 4.00. The van der Waals surface area contributed by atoms with Crippen molar-refractivity contribution in [2.75, 3.05) is 0 Å². The number of hydrogen-bond donors (Lipinski definition) is 0. The van der Waals surface area contributed by atoms with Gasteiger partial charge in [0.1, 0.15) is 5.82 Å². The van der Waals surface area contributed by atoms with Crippen molar-refractivity contribution in [2.24, 2.45) is 4.99 Å². The molecule has 0 aromatic heterocycles. The average molecular weight is 231 g/mol. The van der Waals surface area contributed by atoms with E-state index in [9.17, 15) is 9.18 Å². The summed E-state index contributed by atoms with van der Waals surface area (Å²) < 4.78 is 13.9. The molecule has 1 aromatic carbocycles. The number of halogens is 1. The van der Waals surface area contributed by atoms with Crippen LogP contribution >= 0.6 is 0 Å². The van der Waals surface area contributed by atoms with Crippen LogP contribution in [0.25, 0.3) is 0 Å². The summed E-state index contributed by atoms with van der Waals surface area (Å²) in [4.78, 5) is 14.4. The van der Waals surface area contributed by atoms with Crippen LogP contribution in [0.15, 0.2) is 23.2 Å². The van der Waals surface area contributed by atoms with Gasteiger partial charge >= 0.3 is 0 Å². The Hall–Kier alpha value is -1.47. The minimum atomic E-state index is -0.481. The summed E-state index contributed by atoms with van der Waals surface area (Å²) in [6.45, 7) is 0. The van der Waals surface area contributed by atoms with Crippen molar-refractivity contribution >= 4 is 6.08 Å². The van der Waals surface area contributed by atoms with Gasteiger partial charge in [-0.05, 0) is 55.2 Å². The summed E-state index contributed by atoms with van der Waals surface area (Å²) in [6.07, 6.45) is 6.50. The predicted molar refractivity (Wildman–Crippen MR) is 62.0 cm³/mol. The van der Waals surface area contributed by atoms with Crippen LogP contribution in [0, 0.1) is 5.82 Å². The summed E-state index contributed by atoms with van der Waals surface area (Å²) in [6, 6.07) is 5.35. The normalized spacial score (nSPS) is 21.5. The fraction of sp³-hybridized carbons (Fsp3) is 0.500. The van der Waals surface area contributed by atoms with Crippen molar-refractivity contribution in [3.05, 3.63) is 35.1 Å². The fourth-order valence-corrected chi connectivity index (χ4v) is 2.61. The number of isocyanates is 1. The number of benzene rings is 1. The van der Waals surface area contributed by atoms with Crippen molar-refractivity contribution in [1.82, 2.24) is 0 Å². The number of aliphatic imine (C=N–C) groups is 1. The zero-order valence-electron chi connectivity index (χ0n) is 9.58. The van der Waals surface area contributed by atoms with E-state index in [0.717, 1.165) is 43.2 Å². The molecule has 3 heteroatoms. The molecule has 17 heavy (non-hydrogen) atoms. The van der Waals surface area contributed by atoms with Crippen molar-refractivity contribution in [1.29, 1.82) is 0 Å². The fourth-order valence-electron chi connectivity index (χ4n) is 2.61. The third-order valence-corrected chi connectivity index (χ3v) is 4.00. The number of carbonyl (C=O) groups excluding carboxylic acids is 1. The summed E-state index contributed by atoms with van der Waals surface area (Å²) in [5.74, 6) is 0.272. The van der Waals surface area contributed by atoms with Gasteiger partial charge in [-0.15, -0.1) is 0 Å². The average Bonchev–Trinajstić information content (AvgIpc) is 3.07. The molecule has 3 rings (SSSR count). The molecule has 0 bridgehead atoms. The monoisotopic (exact) mass is 231 g/mol. The number of nitrogens with zero attached hydrogens (tertiary/aromatic N) is 1. The topological polar surface area (TPSA) is 29.4 Å². The second-order valence-corrected chi connectivity index (χ2v) is 5.10. The van der Waals surface area contributed by atoms with Gasteiger partial charge in [0.15, 0.2) is 0 Å². The zero-order valence-corrected chi connectivity index (χ0v) is 9.58. The highest BCUT2D eigenvalue weighted by molar-refractivity contribution is 5.41. The van der Waals surface area contributed by atoms with Crippen LogP contribution in [-0.2, 0) is 10.3 Å². The highest BCUT2D eigenvalue weighted by atomic mass is 19.1. The molecular weight excluding hydrogens is 217 g/mol. The van der Waals surface area contributed by atoms with E-state index in [-0.39, 0.29) is 5.82 Å². The Kier molecular flexibility index (Phi) is 2.37. The van der Waals surface area contributed by atoms with Gasteiger partial charge in [0, 0.05) is 0 Å². The molecule has 2 aliphatic carbocycles. The lowest BCUT2D eigenvalue weighted by Gasteiger charge is -2.37. The maximum atomic E-state index is 13.9. The van der Waals surface area contributed by atoms with Crippen molar-refractivity contribution in [3.8, 4) is 0 Å². The summed E-state index contributed by atoms with van der Waals surface area (Å²) in [5, 5.41) is 0. The van der Waals surface area contributed by atoms with Crippen molar-refractivity contribution in [3.63, 3.8) is 0 Å². The van der Waals surface area contributed by atoms with Crippen LogP contribution in [0.3, 0.4) is 0 Å². The summed E-state index contributed by atoms with van der Waals surface area (Å²) in [7, 11) is 0. The third kappa shape index (κ3) is 1.71. The van der Waals surface area contributed by atoms with Gasteiger partial charge in [-0.2, -0.15) is 4.99 Å². The molecule has 2 saturated carbocycles. The minimum absolute atomic E-state index is 0.141. The maximum absolute atomic E-state index is 13.9. The largest absolute Gasteiger partial charge is 0.235 e. The standard InChI is InChI=1S/C14H14FNO/c15-13-8-11(4-5-12(13)10-2-3-10)14(16-9-17)6-1-7-14/h4-5,8,10H,1-3,6-7H2. The molecule has 88 valence electrons. The Bertz CT molecular complexity index is 497. The van der Waals surface area contributed by atoms with E-state index in [4.69, 9.17) is 0 Å². The van der Waals surface area contributed by atoms with E-state index >= 15 is 0 Å². The van der Waals surface area contributed by atoms with E-state index in [2.05, 4.69) is 4.99 Å². The van der Waals surface area contributed by atoms with Gasteiger partial charge in [-0.1, -0.05) is 12.1 Å². The van der Waals surface area contributed by atoms with Crippen molar-refractivity contribution in [2.45, 2.75) is 43.6 Å². The highest BCUT2D eigenvalue weighted by Crippen LogP contribution is 2.47. The molecule has 0 aliphatic heterocycles. The minimum Gasteiger partial charge on any atom is -0.211 e. The number of rotatable bonds is 3.